The van der Waals surface area contributed by atoms with Crippen LogP contribution in [0.15, 0.2) is 63.1 Å². The van der Waals surface area contributed by atoms with Gasteiger partial charge in [-0.2, -0.15) is 11.3 Å². The van der Waals surface area contributed by atoms with Gasteiger partial charge in [0.05, 0.1) is 6.54 Å². The van der Waals surface area contributed by atoms with Gasteiger partial charge in [0.25, 0.3) is 5.91 Å². The second-order valence-electron chi connectivity index (χ2n) is 5.04. The van der Waals surface area contributed by atoms with Crippen LogP contribution in [0, 0.1) is 0 Å². The third-order valence-corrected chi connectivity index (χ3v) is 5.72. The van der Waals surface area contributed by atoms with Crippen molar-refractivity contribution in [3.8, 4) is 0 Å². The molecule has 23 heavy (non-hydrogen) atoms. The van der Waals surface area contributed by atoms with Crippen LogP contribution in [0.3, 0.4) is 0 Å². The van der Waals surface area contributed by atoms with Crippen molar-refractivity contribution >= 4 is 44.5 Å². The molecule has 0 saturated carbocycles. The van der Waals surface area contributed by atoms with Gasteiger partial charge >= 0.3 is 0 Å². The normalized spacial score (nSPS) is 13.5. The smallest absolute Gasteiger partial charge is 0.251 e. The maximum absolute atomic E-state index is 12.3. The quantitative estimate of drug-likeness (QED) is 0.664. The Morgan fingerprint density at radius 3 is 2.74 bits per heavy atom. The highest BCUT2D eigenvalue weighted by molar-refractivity contribution is 9.10. The number of rotatable bonds is 5. The van der Waals surface area contributed by atoms with E-state index >= 15 is 0 Å². The monoisotopic (exact) mass is 407 g/mol. The molecule has 1 atom stereocenters. The third kappa shape index (κ3) is 3.55. The van der Waals surface area contributed by atoms with Gasteiger partial charge in [0.15, 0.2) is 0 Å². The zero-order valence-corrected chi connectivity index (χ0v) is 15.2. The van der Waals surface area contributed by atoms with Crippen molar-refractivity contribution in [2.24, 2.45) is 0 Å². The first-order valence-corrected chi connectivity index (χ1v) is 9.54. The van der Waals surface area contributed by atoms with Gasteiger partial charge in [-0.05, 0) is 46.5 Å². The van der Waals surface area contributed by atoms with E-state index < -0.39 is 5.60 Å². The van der Waals surface area contributed by atoms with Crippen molar-refractivity contribution in [2.45, 2.75) is 5.60 Å². The number of carbonyl (C=O) groups is 1. The van der Waals surface area contributed by atoms with E-state index in [2.05, 4.69) is 21.2 Å². The highest BCUT2D eigenvalue weighted by atomic mass is 79.9. The summed E-state index contributed by atoms with van der Waals surface area (Å²) in [6, 6.07) is 12.8. The number of nitrogens with one attached hydrogen (secondary N) is 1. The summed E-state index contributed by atoms with van der Waals surface area (Å²) >= 11 is 6.35. The summed E-state index contributed by atoms with van der Waals surface area (Å²) in [6.07, 6.45) is 0. The first kappa shape index (κ1) is 16.4. The fourth-order valence-corrected chi connectivity index (χ4v) is 4.25. The van der Waals surface area contributed by atoms with Gasteiger partial charge in [-0.1, -0.05) is 28.1 Å². The van der Waals surface area contributed by atoms with Crippen molar-refractivity contribution in [1.29, 1.82) is 0 Å². The number of hydrogen-bond acceptors (Lipinski definition) is 4. The number of benzene rings is 1. The minimum atomic E-state index is -1.21. The molecule has 6 heteroatoms. The van der Waals surface area contributed by atoms with Crippen LogP contribution in [-0.2, 0) is 5.60 Å². The van der Waals surface area contributed by atoms with E-state index in [0.29, 0.717) is 5.56 Å². The lowest BCUT2D eigenvalue weighted by atomic mass is 9.94. The number of carbonyl (C=O) groups excluding carboxylic acids is 1. The van der Waals surface area contributed by atoms with Gasteiger partial charge in [0, 0.05) is 20.5 Å². The van der Waals surface area contributed by atoms with E-state index in [4.69, 9.17) is 0 Å². The van der Waals surface area contributed by atoms with E-state index in [1.807, 2.05) is 46.5 Å². The topological polar surface area (TPSA) is 49.3 Å². The molecular weight excluding hydrogens is 394 g/mol. The molecule has 0 aliphatic heterocycles. The lowest BCUT2D eigenvalue weighted by Gasteiger charge is -2.27. The fourth-order valence-electron chi connectivity index (χ4n) is 2.29. The molecule has 0 saturated heterocycles. The molecular formula is C17H14BrNO2S2. The average Bonchev–Trinajstić information content (AvgIpc) is 3.25. The molecule has 0 fully saturated rings. The van der Waals surface area contributed by atoms with Crippen LogP contribution in [0.2, 0.25) is 0 Å². The van der Waals surface area contributed by atoms with Crippen molar-refractivity contribution in [3.63, 3.8) is 0 Å². The Kier molecular flexibility index (Phi) is 4.96. The number of thiophene rings is 2. The first-order valence-electron chi connectivity index (χ1n) is 6.92. The second-order valence-corrected chi connectivity index (χ2v) is 7.69. The molecule has 2 N–H and O–H groups in total. The van der Waals surface area contributed by atoms with E-state index in [-0.39, 0.29) is 12.5 Å². The van der Waals surface area contributed by atoms with Gasteiger partial charge in [0.1, 0.15) is 5.60 Å². The standard InChI is InChI=1S/C17H14BrNO2S2/c18-14-4-1-3-12(9-14)16(20)19-11-17(21,13-6-8-22-10-13)15-5-2-7-23-15/h1-10,21H,11H2,(H,19,20)/t17-/m1/s1. The van der Waals surface area contributed by atoms with Crippen LogP contribution in [0.25, 0.3) is 0 Å². The van der Waals surface area contributed by atoms with Crippen molar-refractivity contribution in [1.82, 2.24) is 5.32 Å². The molecule has 2 aromatic heterocycles. The third-order valence-electron chi connectivity index (χ3n) is 3.52. The Labute approximate surface area is 150 Å². The molecule has 0 aliphatic rings. The van der Waals surface area contributed by atoms with Gasteiger partial charge in [-0.3, -0.25) is 4.79 Å². The zero-order valence-electron chi connectivity index (χ0n) is 12.0. The summed E-state index contributed by atoms with van der Waals surface area (Å²) in [5, 5.41) is 19.8. The molecule has 3 aromatic rings. The van der Waals surface area contributed by atoms with Crippen LogP contribution >= 0.6 is 38.6 Å². The maximum atomic E-state index is 12.3. The lowest BCUT2D eigenvalue weighted by molar-refractivity contribution is 0.0721. The van der Waals surface area contributed by atoms with E-state index in [1.165, 1.54) is 22.7 Å². The Hall–Kier alpha value is -1.47. The van der Waals surface area contributed by atoms with Crippen LogP contribution in [0.4, 0.5) is 0 Å². The predicted molar refractivity (Wildman–Crippen MR) is 98.1 cm³/mol. The van der Waals surface area contributed by atoms with Crippen molar-refractivity contribution in [2.75, 3.05) is 6.54 Å². The maximum Gasteiger partial charge on any atom is 0.251 e. The minimum Gasteiger partial charge on any atom is -0.378 e. The molecule has 3 nitrogen and oxygen atoms in total. The first-order chi connectivity index (χ1) is 11.1. The van der Waals surface area contributed by atoms with Crippen LogP contribution in [-0.4, -0.2) is 17.6 Å². The fraction of sp³-hybridized carbons (Fsp3) is 0.118. The summed E-state index contributed by atoms with van der Waals surface area (Å²) < 4.78 is 0.844. The van der Waals surface area contributed by atoms with Crippen LogP contribution in [0.1, 0.15) is 20.8 Å². The molecule has 3 rings (SSSR count). The molecule has 1 aromatic carbocycles. The molecule has 0 unspecified atom stereocenters. The average molecular weight is 408 g/mol. The summed E-state index contributed by atoms with van der Waals surface area (Å²) in [6.45, 7) is 0.121. The SMILES string of the molecule is O=C(NC[C@@](O)(c1ccsc1)c1cccs1)c1cccc(Br)c1. The molecule has 0 aliphatic carbocycles. The Balaban J connectivity index is 1.82. The van der Waals surface area contributed by atoms with Gasteiger partial charge in [-0.25, -0.2) is 0 Å². The van der Waals surface area contributed by atoms with Crippen LogP contribution < -0.4 is 5.32 Å². The summed E-state index contributed by atoms with van der Waals surface area (Å²) in [4.78, 5) is 13.2. The molecule has 0 radical (unpaired) electrons. The highest BCUT2D eigenvalue weighted by Gasteiger charge is 2.33. The van der Waals surface area contributed by atoms with E-state index in [0.717, 1.165) is 14.9 Å². The van der Waals surface area contributed by atoms with E-state index in [9.17, 15) is 9.90 Å². The number of halogens is 1. The predicted octanol–water partition coefficient (Wildman–Crippen LogP) is 4.24. The number of hydrogen-bond donors (Lipinski definition) is 2. The van der Waals surface area contributed by atoms with E-state index in [1.54, 1.807) is 12.1 Å². The molecule has 1 amide bonds. The summed E-state index contributed by atoms with van der Waals surface area (Å²) in [7, 11) is 0. The van der Waals surface area contributed by atoms with Crippen molar-refractivity contribution in [3.05, 3.63) is 79.1 Å². The highest BCUT2D eigenvalue weighted by Crippen LogP contribution is 2.33. The van der Waals surface area contributed by atoms with Gasteiger partial charge < -0.3 is 10.4 Å². The largest absolute Gasteiger partial charge is 0.378 e. The second kappa shape index (κ2) is 6.97. The Morgan fingerprint density at radius 2 is 2.09 bits per heavy atom. The number of amides is 1. The molecule has 0 bridgehead atoms. The number of aliphatic hydroxyl groups is 1. The van der Waals surface area contributed by atoms with Gasteiger partial charge in [0.2, 0.25) is 0 Å². The van der Waals surface area contributed by atoms with Crippen LogP contribution in [0.5, 0.6) is 0 Å². The zero-order chi connectivity index (χ0) is 16.3. The minimum absolute atomic E-state index is 0.121. The molecule has 118 valence electrons. The molecule has 0 spiro atoms. The Bertz CT molecular complexity index is 751. The van der Waals surface area contributed by atoms with Crippen molar-refractivity contribution < 1.29 is 9.90 Å². The van der Waals surface area contributed by atoms with Gasteiger partial charge in [-0.15, -0.1) is 11.3 Å². The summed E-state index contributed by atoms with van der Waals surface area (Å²) in [5.74, 6) is -0.212. The summed E-state index contributed by atoms with van der Waals surface area (Å²) in [5.41, 5.74) is 0.133. The lowest BCUT2D eigenvalue weighted by Crippen LogP contribution is -2.41. The Morgan fingerprint density at radius 1 is 1.22 bits per heavy atom. The molecule has 2 heterocycles.